The van der Waals surface area contributed by atoms with Gasteiger partial charge in [-0.1, -0.05) is 6.58 Å². The van der Waals surface area contributed by atoms with E-state index in [1.54, 1.807) is 6.20 Å². The zero-order valence-electron chi connectivity index (χ0n) is 4.78. The maximum Gasteiger partial charge on any atom is 0.171 e. The number of hydrogen-bond donors (Lipinski definition) is 1. The predicted molar refractivity (Wildman–Crippen MR) is 33.6 cm³/mol. The van der Waals surface area contributed by atoms with E-state index in [1.165, 1.54) is 12.5 Å². The Labute approximate surface area is 52.6 Å². The van der Waals surface area contributed by atoms with Gasteiger partial charge in [0.05, 0.1) is 6.20 Å². The number of nitrogens with one attached hydrogen (secondary N) is 1. The first-order valence-electron chi connectivity index (χ1n) is 2.43. The van der Waals surface area contributed by atoms with E-state index in [0.717, 1.165) is 0 Å². The lowest BCUT2D eigenvalue weighted by molar-refractivity contribution is 0.975. The van der Waals surface area contributed by atoms with Crippen LogP contribution in [-0.2, 0) is 0 Å². The molecule has 0 saturated carbocycles. The Balaban J connectivity index is 2.72. The van der Waals surface area contributed by atoms with Crippen molar-refractivity contribution >= 4 is 5.82 Å². The van der Waals surface area contributed by atoms with Crippen molar-refractivity contribution in [3.05, 3.63) is 25.3 Å². The smallest absolute Gasteiger partial charge is 0.171 e. The molecule has 1 aromatic heterocycles. The number of nitrogens with zero attached hydrogens (tertiary/aromatic N) is 3. The maximum atomic E-state index is 3.72. The molecule has 0 saturated heterocycles. The first kappa shape index (κ1) is 5.68. The van der Waals surface area contributed by atoms with Crippen LogP contribution < -0.4 is 5.32 Å². The minimum Gasteiger partial charge on any atom is -0.344 e. The van der Waals surface area contributed by atoms with Crippen molar-refractivity contribution in [2.24, 2.45) is 0 Å². The topological polar surface area (TPSA) is 50.7 Å². The van der Waals surface area contributed by atoms with Crippen LogP contribution in [-0.4, -0.2) is 15.2 Å². The van der Waals surface area contributed by atoms with E-state index in [2.05, 4.69) is 27.1 Å². The molecule has 0 unspecified atom stereocenters. The molecule has 0 aliphatic heterocycles. The quantitative estimate of drug-likeness (QED) is 0.617. The molecule has 0 fully saturated rings. The third-order valence-electron chi connectivity index (χ3n) is 0.731. The largest absolute Gasteiger partial charge is 0.344 e. The van der Waals surface area contributed by atoms with Crippen LogP contribution in [0.15, 0.2) is 25.3 Å². The molecular formula is C5H6N4. The van der Waals surface area contributed by atoms with Gasteiger partial charge in [0.15, 0.2) is 5.82 Å². The van der Waals surface area contributed by atoms with E-state index in [9.17, 15) is 0 Å². The lowest BCUT2D eigenvalue weighted by Crippen LogP contribution is -1.92. The second-order valence-electron chi connectivity index (χ2n) is 1.34. The van der Waals surface area contributed by atoms with E-state index >= 15 is 0 Å². The molecule has 0 aromatic carbocycles. The predicted octanol–water partition coefficient (Wildman–Crippen LogP) is 0.427. The highest BCUT2D eigenvalue weighted by molar-refractivity contribution is 5.31. The summed E-state index contributed by atoms with van der Waals surface area (Å²) in [5.74, 6) is 0.604. The molecule has 4 heteroatoms. The molecule has 1 aromatic rings. The Kier molecular flexibility index (Phi) is 1.74. The fourth-order valence-electron chi connectivity index (χ4n) is 0.418. The van der Waals surface area contributed by atoms with Gasteiger partial charge in [0.25, 0.3) is 0 Å². The van der Waals surface area contributed by atoms with Gasteiger partial charge in [-0.2, -0.15) is 0 Å². The van der Waals surface area contributed by atoms with Gasteiger partial charge in [-0.3, -0.25) is 0 Å². The Morgan fingerprint density at radius 1 is 1.67 bits per heavy atom. The fraction of sp³-hybridized carbons (Fsp3) is 0. The van der Waals surface area contributed by atoms with Crippen molar-refractivity contribution in [2.75, 3.05) is 5.32 Å². The van der Waals surface area contributed by atoms with Gasteiger partial charge >= 0.3 is 0 Å². The Hall–Kier alpha value is -1.45. The van der Waals surface area contributed by atoms with Crippen LogP contribution >= 0.6 is 0 Å². The van der Waals surface area contributed by atoms with E-state index in [-0.39, 0.29) is 0 Å². The second-order valence-corrected chi connectivity index (χ2v) is 1.34. The van der Waals surface area contributed by atoms with Gasteiger partial charge in [-0.25, -0.2) is 4.98 Å². The number of rotatable bonds is 2. The summed E-state index contributed by atoms with van der Waals surface area (Å²) in [6, 6.07) is 0. The molecule has 0 radical (unpaired) electrons. The Morgan fingerprint density at radius 2 is 2.56 bits per heavy atom. The molecule has 1 rings (SSSR count). The van der Waals surface area contributed by atoms with Crippen molar-refractivity contribution in [3.8, 4) is 0 Å². The van der Waals surface area contributed by atoms with E-state index in [0.29, 0.717) is 5.82 Å². The molecule has 1 N–H and O–H groups in total. The van der Waals surface area contributed by atoms with E-state index in [4.69, 9.17) is 0 Å². The highest BCUT2D eigenvalue weighted by Crippen LogP contribution is 1.92. The summed E-state index contributed by atoms with van der Waals surface area (Å²) in [6.07, 6.45) is 4.45. The van der Waals surface area contributed by atoms with Crippen LogP contribution in [0.3, 0.4) is 0 Å². The van der Waals surface area contributed by atoms with Gasteiger partial charge in [-0.15, -0.1) is 10.2 Å². The SMILES string of the molecule is C=CNc1cncnn1. The summed E-state index contributed by atoms with van der Waals surface area (Å²) in [5, 5.41) is 9.94. The van der Waals surface area contributed by atoms with E-state index in [1.807, 2.05) is 0 Å². The van der Waals surface area contributed by atoms with Gasteiger partial charge in [0.1, 0.15) is 6.33 Å². The van der Waals surface area contributed by atoms with Crippen molar-refractivity contribution in [1.82, 2.24) is 15.2 Å². The normalized spacial score (nSPS) is 8.44. The molecule has 0 amide bonds. The molecule has 1 heterocycles. The van der Waals surface area contributed by atoms with E-state index < -0.39 is 0 Å². The first-order valence-corrected chi connectivity index (χ1v) is 2.43. The summed E-state index contributed by atoms with van der Waals surface area (Å²) in [5.41, 5.74) is 0. The third-order valence-corrected chi connectivity index (χ3v) is 0.731. The molecule has 0 spiro atoms. The average Bonchev–Trinajstić information content (AvgIpc) is 1.91. The van der Waals surface area contributed by atoms with Gasteiger partial charge in [-0.05, 0) is 6.20 Å². The standard InChI is InChI=1S/C5H6N4/c1-2-7-5-3-6-4-8-9-5/h2-4H,1H2,(H,7,9). The highest BCUT2D eigenvalue weighted by Gasteiger charge is 1.84. The van der Waals surface area contributed by atoms with Crippen LogP contribution in [0.1, 0.15) is 0 Å². The minimum atomic E-state index is 0.604. The molecule has 4 nitrogen and oxygen atoms in total. The van der Waals surface area contributed by atoms with Gasteiger partial charge < -0.3 is 5.32 Å². The average molecular weight is 122 g/mol. The van der Waals surface area contributed by atoms with Gasteiger partial charge in [0.2, 0.25) is 0 Å². The number of hydrogen-bond acceptors (Lipinski definition) is 4. The van der Waals surface area contributed by atoms with Crippen LogP contribution in [0.4, 0.5) is 5.82 Å². The second kappa shape index (κ2) is 2.76. The van der Waals surface area contributed by atoms with Crippen molar-refractivity contribution in [2.45, 2.75) is 0 Å². The lowest BCUT2D eigenvalue weighted by Gasteiger charge is -1.92. The molecule has 46 valence electrons. The lowest BCUT2D eigenvalue weighted by atomic mass is 10.7. The Bertz CT molecular complexity index is 183. The minimum absolute atomic E-state index is 0.604. The monoisotopic (exact) mass is 122 g/mol. The summed E-state index contributed by atoms with van der Waals surface area (Å²) >= 11 is 0. The van der Waals surface area contributed by atoms with Crippen molar-refractivity contribution < 1.29 is 0 Å². The van der Waals surface area contributed by atoms with Crippen LogP contribution in [0.2, 0.25) is 0 Å². The van der Waals surface area contributed by atoms with Crippen LogP contribution in [0.25, 0.3) is 0 Å². The zero-order valence-corrected chi connectivity index (χ0v) is 4.78. The summed E-state index contributed by atoms with van der Waals surface area (Å²) in [6.45, 7) is 3.45. The molecule has 0 atom stereocenters. The molecule has 0 aliphatic rings. The zero-order chi connectivity index (χ0) is 6.53. The van der Waals surface area contributed by atoms with Gasteiger partial charge in [0, 0.05) is 0 Å². The fourth-order valence-corrected chi connectivity index (χ4v) is 0.418. The van der Waals surface area contributed by atoms with Crippen LogP contribution in [0.5, 0.6) is 0 Å². The van der Waals surface area contributed by atoms with Crippen molar-refractivity contribution in [3.63, 3.8) is 0 Å². The summed E-state index contributed by atoms with van der Waals surface area (Å²) in [7, 11) is 0. The highest BCUT2D eigenvalue weighted by atomic mass is 15.2. The molecular weight excluding hydrogens is 116 g/mol. The number of aromatic nitrogens is 3. The molecule has 0 bridgehead atoms. The number of anilines is 1. The molecule has 0 aliphatic carbocycles. The first-order chi connectivity index (χ1) is 4.43. The third kappa shape index (κ3) is 1.49. The van der Waals surface area contributed by atoms with Crippen LogP contribution in [0, 0.1) is 0 Å². The Morgan fingerprint density at radius 3 is 3.11 bits per heavy atom. The maximum absolute atomic E-state index is 3.72. The molecule has 9 heavy (non-hydrogen) atoms. The van der Waals surface area contributed by atoms with Crippen molar-refractivity contribution in [1.29, 1.82) is 0 Å². The summed E-state index contributed by atoms with van der Waals surface area (Å²) in [4.78, 5) is 3.72. The summed E-state index contributed by atoms with van der Waals surface area (Å²) < 4.78 is 0.